The number of halogens is 1. The second-order valence-electron chi connectivity index (χ2n) is 4.40. The highest BCUT2D eigenvalue weighted by atomic mass is 19.1. The van der Waals surface area contributed by atoms with Crippen molar-refractivity contribution in [3.63, 3.8) is 0 Å². The lowest BCUT2D eigenvalue weighted by molar-refractivity contribution is 0.269. The van der Waals surface area contributed by atoms with Gasteiger partial charge >= 0.3 is 7.12 Å². The minimum absolute atomic E-state index is 0.171. The molecular weight excluding hydrogens is 274 g/mol. The summed E-state index contributed by atoms with van der Waals surface area (Å²) in [5.74, 6) is 0.544. The molecule has 0 aliphatic rings. The normalized spacial score (nSPS) is 10.3. The van der Waals surface area contributed by atoms with Crippen molar-refractivity contribution in [1.29, 1.82) is 0 Å². The molecule has 6 heteroatoms. The summed E-state index contributed by atoms with van der Waals surface area (Å²) < 4.78 is 24.4. The van der Waals surface area contributed by atoms with Gasteiger partial charge in [0.15, 0.2) is 11.5 Å². The van der Waals surface area contributed by atoms with Crippen LogP contribution in [-0.4, -0.2) is 23.8 Å². The molecule has 0 saturated carbocycles. The van der Waals surface area contributed by atoms with Gasteiger partial charge in [0.25, 0.3) is 0 Å². The summed E-state index contributed by atoms with van der Waals surface area (Å²) in [6.45, 7) is 2.58. The van der Waals surface area contributed by atoms with Crippen LogP contribution in [0.1, 0.15) is 12.5 Å². The Morgan fingerprint density at radius 2 is 1.71 bits per heavy atom. The molecule has 0 fully saturated rings. The molecule has 0 heterocycles. The first-order valence-corrected chi connectivity index (χ1v) is 6.61. The zero-order chi connectivity index (χ0) is 15.2. The molecule has 4 nitrogen and oxygen atoms in total. The van der Waals surface area contributed by atoms with Crippen LogP contribution in [0.3, 0.4) is 0 Å². The Kier molecular flexibility index (Phi) is 5.19. The first-order chi connectivity index (χ1) is 10.1. The summed E-state index contributed by atoms with van der Waals surface area (Å²) in [5, 5.41) is 18.2. The van der Waals surface area contributed by atoms with Crippen LogP contribution >= 0.6 is 0 Å². The molecule has 2 aromatic rings. The predicted octanol–water partition coefficient (Wildman–Crippen LogP) is 1.48. The summed E-state index contributed by atoms with van der Waals surface area (Å²) in [4.78, 5) is 0. The predicted molar refractivity (Wildman–Crippen MR) is 78.2 cm³/mol. The maximum absolute atomic E-state index is 13.4. The Morgan fingerprint density at radius 1 is 1.05 bits per heavy atom. The molecule has 21 heavy (non-hydrogen) atoms. The quantitative estimate of drug-likeness (QED) is 0.791. The molecular formula is C15H16BFO4. The van der Waals surface area contributed by atoms with E-state index in [1.54, 1.807) is 12.1 Å². The van der Waals surface area contributed by atoms with E-state index >= 15 is 0 Å². The number of para-hydroxylation sites is 2. The standard InChI is InChI=1S/C15H16BFO4/c1-2-20-14-5-3-4-6-15(14)21-10-11-7-8-13(17)12(9-11)16(18)19/h3-9,18-19H,2,10H2,1H3. The molecule has 0 bridgehead atoms. The molecule has 0 unspecified atom stereocenters. The van der Waals surface area contributed by atoms with E-state index in [0.717, 1.165) is 0 Å². The lowest BCUT2D eigenvalue weighted by Crippen LogP contribution is -2.33. The molecule has 2 rings (SSSR count). The molecule has 0 aliphatic heterocycles. The Morgan fingerprint density at radius 3 is 2.33 bits per heavy atom. The van der Waals surface area contributed by atoms with Gasteiger partial charge in [-0.1, -0.05) is 24.3 Å². The first-order valence-electron chi connectivity index (χ1n) is 6.61. The van der Waals surface area contributed by atoms with Gasteiger partial charge in [-0.25, -0.2) is 4.39 Å². The van der Waals surface area contributed by atoms with Crippen molar-refractivity contribution >= 4 is 12.6 Å². The van der Waals surface area contributed by atoms with Crippen molar-refractivity contribution < 1.29 is 23.9 Å². The first kappa shape index (κ1) is 15.3. The van der Waals surface area contributed by atoms with Gasteiger partial charge in [0.2, 0.25) is 0 Å². The highest BCUT2D eigenvalue weighted by molar-refractivity contribution is 6.58. The van der Waals surface area contributed by atoms with Crippen molar-refractivity contribution in [2.24, 2.45) is 0 Å². The van der Waals surface area contributed by atoms with E-state index in [1.165, 1.54) is 18.2 Å². The number of benzene rings is 2. The fourth-order valence-corrected chi connectivity index (χ4v) is 1.89. The average Bonchev–Trinajstić information content (AvgIpc) is 2.47. The van der Waals surface area contributed by atoms with Crippen molar-refractivity contribution in [1.82, 2.24) is 0 Å². The lowest BCUT2D eigenvalue weighted by Gasteiger charge is -2.12. The number of ether oxygens (including phenoxy) is 2. The van der Waals surface area contributed by atoms with Crippen molar-refractivity contribution in [3.8, 4) is 11.5 Å². The van der Waals surface area contributed by atoms with Crippen LogP contribution in [0, 0.1) is 5.82 Å². The topological polar surface area (TPSA) is 58.9 Å². The van der Waals surface area contributed by atoms with Crippen LogP contribution in [0.15, 0.2) is 42.5 Å². The smallest absolute Gasteiger partial charge is 0.490 e. The minimum Gasteiger partial charge on any atom is -0.490 e. The Hall–Kier alpha value is -2.05. The van der Waals surface area contributed by atoms with Gasteiger partial charge in [-0.15, -0.1) is 0 Å². The fraction of sp³-hybridized carbons (Fsp3) is 0.200. The van der Waals surface area contributed by atoms with Gasteiger partial charge in [0.1, 0.15) is 12.4 Å². The van der Waals surface area contributed by atoms with Crippen LogP contribution in [0.2, 0.25) is 0 Å². The van der Waals surface area contributed by atoms with E-state index < -0.39 is 12.9 Å². The number of hydrogen-bond donors (Lipinski definition) is 2. The minimum atomic E-state index is -1.85. The maximum Gasteiger partial charge on any atom is 0.491 e. The average molecular weight is 290 g/mol. The summed E-state index contributed by atoms with van der Waals surface area (Å²) in [6, 6.07) is 11.3. The summed E-state index contributed by atoms with van der Waals surface area (Å²) in [6.07, 6.45) is 0. The van der Waals surface area contributed by atoms with E-state index in [1.807, 2.05) is 19.1 Å². The van der Waals surface area contributed by atoms with Crippen LogP contribution in [-0.2, 0) is 6.61 Å². The van der Waals surface area contributed by atoms with E-state index in [0.29, 0.717) is 23.7 Å². The molecule has 0 atom stereocenters. The lowest BCUT2D eigenvalue weighted by atomic mass is 9.79. The fourth-order valence-electron chi connectivity index (χ4n) is 1.89. The van der Waals surface area contributed by atoms with Crippen molar-refractivity contribution in [2.75, 3.05) is 6.61 Å². The Balaban J connectivity index is 2.11. The maximum atomic E-state index is 13.4. The molecule has 2 N–H and O–H groups in total. The second kappa shape index (κ2) is 7.10. The molecule has 110 valence electrons. The summed E-state index contributed by atoms with van der Waals surface area (Å²) in [5.41, 5.74) is 0.458. The van der Waals surface area contributed by atoms with E-state index in [4.69, 9.17) is 19.5 Å². The molecule has 0 spiro atoms. The van der Waals surface area contributed by atoms with E-state index in [9.17, 15) is 4.39 Å². The van der Waals surface area contributed by atoms with Crippen LogP contribution in [0.25, 0.3) is 0 Å². The largest absolute Gasteiger partial charge is 0.491 e. The van der Waals surface area contributed by atoms with Gasteiger partial charge in [-0.05, 0) is 30.7 Å². The molecule has 0 amide bonds. The van der Waals surface area contributed by atoms with E-state index in [-0.39, 0.29) is 12.1 Å². The van der Waals surface area contributed by atoms with Crippen LogP contribution in [0.5, 0.6) is 11.5 Å². The molecule has 0 radical (unpaired) electrons. The van der Waals surface area contributed by atoms with Gasteiger partial charge in [0.05, 0.1) is 6.61 Å². The third-order valence-electron chi connectivity index (χ3n) is 2.88. The molecule has 0 aliphatic carbocycles. The Labute approximate surface area is 122 Å². The summed E-state index contributed by atoms with van der Waals surface area (Å²) in [7, 11) is -1.85. The SMILES string of the molecule is CCOc1ccccc1OCc1ccc(F)c(B(O)O)c1. The highest BCUT2D eigenvalue weighted by Crippen LogP contribution is 2.27. The van der Waals surface area contributed by atoms with Crippen molar-refractivity contribution in [2.45, 2.75) is 13.5 Å². The number of rotatable bonds is 6. The van der Waals surface area contributed by atoms with Crippen molar-refractivity contribution in [3.05, 3.63) is 53.8 Å². The third kappa shape index (κ3) is 3.96. The highest BCUT2D eigenvalue weighted by Gasteiger charge is 2.17. The van der Waals surface area contributed by atoms with Gasteiger partial charge in [-0.2, -0.15) is 0 Å². The van der Waals surface area contributed by atoms with Gasteiger partial charge < -0.3 is 19.5 Å². The van der Waals surface area contributed by atoms with Gasteiger partial charge in [0, 0.05) is 5.46 Å². The zero-order valence-electron chi connectivity index (χ0n) is 11.6. The molecule has 2 aromatic carbocycles. The second-order valence-corrected chi connectivity index (χ2v) is 4.40. The van der Waals surface area contributed by atoms with Gasteiger partial charge in [-0.3, -0.25) is 0 Å². The summed E-state index contributed by atoms with van der Waals surface area (Å²) >= 11 is 0. The Bertz CT molecular complexity index is 604. The zero-order valence-corrected chi connectivity index (χ0v) is 11.6. The third-order valence-corrected chi connectivity index (χ3v) is 2.88. The molecule has 0 saturated heterocycles. The van der Waals surface area contributed by atoms with Crippen LogP contribution in [0.4, 0.5) is 4.39 Å². The number of hydrogen-bond acceptors (Lipinski definition) is 4. The van der Waals surface area contributed by atoms with E-state index in [2.05, 4.69) is 0 Å². The molecule has 0 aromatic heterocycles. The monoisotopic (exact) mass is 290 g/mol. The van der Waals surface area contributed by atoms with Crippen LogP contribution < -0.4 is 14.9 Å².